The van der Waals surface area contributed by atoms with Gasteiger partial charge in [-0.25, -0.2) is 4.39 Å². The molecule has 4 rings (SSSR count). The van der Waals surface area contributed by atoms with Gasteiger partial charge in [0.15, 0.2) is 5.78 Å². The molecule has 7 nitrogen and oxygen atoms in total. The fraction of sp³-hybridized carbons (Fsp3) is 0.467. The van der Waals surface area contributed by atoms with Gasteiger partial charge in [0.1, 0.15) is 18.8 Å². The summed E-state index contributed by atoms with van der Waals surface area (Å²) >= 11 is 0. The number of ketones is 1. The molecule has 1 aliphatic rings. The number of alkyl halides is 1. The number of carbonyl (C=O) groups is 4. The van der Waals surface area contributed by atoms with Crippen LogP contribution in [0.3, 0.4) is 0 Å². The highest BCUT2D eigenvalue weighted by atomic mass is 19.1. The first-order valence-electron chi connectivity index (χ1n) is 13.4. The number of nitrogens with one attached hydrogen (secondary N) is 1. The Hall–Kier alpha value is -3.55. The van der Waals surface area contributed by atoms with Gasteiger partial charge in [-0.2, -0.15) is 0 Å². The Bertz CT molecular complexity index is 1270. The molecule has 0 radical (unpaired) electrons. The van der Waals surface area contributed by atoms with Crippen molar-refractivity contribution in [3.05, 3.63) is 48.5 Å². The van der Waals surface area contributed by atoms with E-state index in [1.54, 1.807) is 4.57 Å². The first kappa shape index (κ1) is 27.5. The highest BCUT2D eigenvalue weighted by molar-refractivity contribution is 6.13. The van der Waals surface area contributed by atoms with Gasteiger partial charge >= 0.3 is 5.97 Å². The zero-order chi connectivity index (χ0) is 27.2. The van der Waals surface area contributed by atoms with Gasteiger partial charge in [0.05, 0.1) is 17.5 Å². The lowest BCUT2D eigenvalue weighted by atomic mass is 9.90. The molecule has 0 bridgehead atoms. The molecule has 8 heteroatoms. The molecule has 1 fully saturated rings. The number of carbonyl (C=O) groups excluding carboxylic acids is 4. The van der Waals surface area contributed by atoms with Gasteiger partial charge in [0, 0.05) is 23.1 Å². The van der Waals surface area contributed by atoms with Crippen LogP contribution in [0.2, 0.25) is 0 Å². The predicted molar refractivity (Wildman–Crippen MR) is 144 cm³/mol. The number of halogens is 1. The average molecular weight is 523 g/mol. The number of esters is 1. The molecule has 2 aromatic carbocycles. The summed E-state index contributed by atoms with van der Waals surface area (Å²) in [4.78, 5) is 51.7. The monoisotopic (exact) mass is 522 g/mol. The molecule has 1 aliphatic carbocycles. The minimum absolute atomic E-state index is 0.116. The molecule has 0 aliphatic heterocycles. The van der Waals surface area contributed by atoms with Gasteiger partial charge in [-0.3, -0.25) is 23.7 Å². The molecule has 3 aromatic rings. The largest absolute Gasteiger partial charge is 0.462 e. The molecule has 0 saturated heterocycles. The second-order valence-electron chi connectivity index (χ2n) is 10.4. The summed E-state index contributed by atoms with van der Waals surface area (Å²) in [6, 6.07) is 13.8. The highest BCUT2D eigenvalue weighted by Crippen LogP contribution is 2.30. The number of hydrogen-bond donors (Lipinski definition) is 1. The maximum absolute atomic E-state index is 13.6. The summed E-state index contributed by atoms with van der Waals surface area (Å²) in [7, 11) is 0. The minimum atomic E-state index is -1.34. The summed E-state index contributed by atoms with van der Waals surface area (Å²) in [5.74, 6) is -3.39. The van der Waals surface area contributed by atoms with Crippen molar-refractivity contribution < 1.29 is 28.3 Å². The van der Waals surface area contributed by atoms with Crippen LogP contribution in [0.15, 0.2) is 48.5 Å². The van der Waals surface area contributed by atoms with E-state index in [4.69, 9.17) is 4.74 Å². The summed E-state index contributed by atoms with van der Waals surface area (Å²) in [6.07, 6.45) is 3.80. The molecule has 1 heterocycles. The van der Waals surface area contributed by atoms with Crippen LogP contribution in [-0.4, -0.2) is 47.0 Å². The van der Waals surface area contributed by atoms with Gasteiger partial charge < -0.3 is 10.1 Å². The van der Waals surface area contributed by atoms with E-state index in [-0.39, 0.29) is 24.3 Å². The number of Topliss-reactive ketones (excluding diaryl/α,β-unsaturated/α-hetero) is 1. The Morgan fingerprint density at radius 3 is 2.05 bits per heavy atom. The molecule has 1 N–H and O–H groups in total. The SMILES string of the molecule is CC(C)[C@H](CC(=O)n1c2ccccc2c2ccccc21)C(=O)NC(CC(=O)OC1CCCCC1)C(=O)CF. The standard InChI is InChI=1S/C30H35FN2O5/c1-19(2)23(16-28(35)33-25-14-8-6-12-21(25)22-13-7-9-15-26(22)33)30(37)32-24(27(34)18-31)17-29(36)38-20-10-4-3-5-11-20/h6-9,12-15,19-20,23-24H,3-5,10-11,16-18H2,1-2H3,(H,32,37)/t23-,24?/m0/s1. The molecule has 1 saturated carbocycles. The van der Waals surface area contributed by atoms with Crippen LogP contribution in [0, 0.1) is 11.8 Å². The Kier molecular flexibility index (Phi) is 8.92. The predicted octanol–water partition coefficient (Wildman–Crippen LogP) is 5.39. The third kappa shape index (κ3) is 6.11. The normalized spacial score (nSPS) is 15.9. The first-order chi connectivity index (χ1) is 18.3. The zero-order valence-electron chi connectivity index (χ0n) is 22.0. The van der Waals surface area contributed by atoms with E-state index in [1.165, 1.54) is 0 Å². The van der Waals surface area contributed by atoms with E-state index in [0.717, 1.165) is 53.9 Å². The number of rotatable bonds is 10. The minimum Gasteiger partial charge on any atom is -0.462 e. The Balaban J connectivity index is 1.50. The van der Waals surface area contributed by atoms with E-state index in [0.29, 0.717) is 0 Å². The maximum Gasteiger partial charge on any atom is 0.308 e. The van der Waals surface area contributed by atoms with Crippen molar-refractivity contribution in [3.8, 4) is 0 Å². The van der Waals surface area contributed by atoms with Crippen LogP contribution in [0.4, 0.5) is 4.39 Å². The number of aromatic nitrogens is 1. The van der Waals surface area contributed by atoms with Crippen molar-refractivity contribution in [2.75, 3.05) is 6.67 Å². The van der Waals surface area contributed by atoms with Gasteiger partial charge in [-0.05, 0) is 43.7 Å². The smallest absolute Gasteiger partial charge is 0.308 e. The van der Waals surface area contributed by atoms with Crippen LogP contribution < -0.4 is 5.32 Å². The fourth-order valence-corrected chi connectivity index (χ4v) is 5.30. The second kappa shape index (κ2) is 12.3. The second-order valence-corrected chi connectivity index (χ2v) is 10.4. The molecular formula is C30H35FN2O5. The van der Waals surface area contributed by atoms with E-state index in [2.05, 4.69) is 5.32 Å². The molecule has 1 amide bonds. The summed E-state index contributed by atoms with van der Waals surface area (Å²) < 4.78 is 20.4. The molecule has 2 atom stereocenters. The average Bonchev–Trinajstić information content (AvgIpc) is 3.25. The van der Waals surface area contributed by atoms with Crippen molar-refractivity contribution in [2.24, 2.45) is 11.8 Å². The fourth-order valence-electron chi connectivity index (χ4n) is 5.30. The molecule has 1 aromatic heterocycles. The number of benzene rings is 2. The Labute approximate surface area is 221 Å². The van der Waals surface area contributed by atoms with E-state index in [9.17, 15) is 23.6 Å². The van der Waals surface area contributed by atoms with Crippen LogP contribution in [0.5, 0.6) is 0 Å². The van der Waals surface area contributed by atoms with Crippen molar-refractivity contribution in [1.82, 2.24) is 9.88 Å². The molecular weight excluding hydrogens is 487 g/mol. The lowest BCUT2D eigenvalue weighted by Gasteiger charge is -2.25. The number of nitrogens with zero attached hydrogens (tertiary/aromatic N) is 1. The van der Waals surface area contributed by atoms with Crippen LogP contribution in [0.25, 0.3) is 21.8 Å². The number of hydrogen-bond acceptors (Lipinski definition) is 5. The third-order valence-electron chi connectivity index (χ3n) is 7.42. The highest BCUT2D eigenvalue weighted by Gasteiger charge is 2.32. The van der Waals surface area contributed by atoms with Crippen molar-refractivity contribution in [1.29, 1.82) is 0 Å². The van der Waals surface area contributed by atoms with Gasteiger partial charge in [-0.1, -0.05) is 56.7 Å². The number of para-hydroxylation sites is 2. The van der Waals surface area contributed by atoms with E-state index in [1.807, 2.05) is 62.4 Å². The molecule has 0 spiro atoms. The Morgan fingerprint density at radius 1 is 0.921 bits per heavy atom. The molecule has 38 heavy (non-hydrogen) atoms. The maximum atomic E-state index is 13.6. The topological polar surface area (TPSA) is 94.5 Å². The third-order valence-corrected chi connectivity index (χ3v) is 7.42. The first-order valence-corrected chi connectivity index (χ1v) is 13.4. The van der Waals surface area contributed by atoms with E-state index >= 15 is 0 Å². The van der Waals surface area contributed by atoms with Crippen LogP contribution >= 0.6 is 0 Å². The van der Waals surface area contributed by atoms with Crippen LogP contribution in [0.1, 0.15) is 63.6 Å². The van der Waals surface area contributed by atoms with Crippen molar-refractivity contribution in [2.45, 2.75) is 70.9 Å². The zero-order valence-corrected chi connectivity index (χ0v) is 22.0. The summed E-state index contributed by atoms with van der Waals surface area (Å²) in [5, 5.41) is 4.43. The lowest BCUT2D eigenvalue weighted by molar-refractivity contribution is -0.152. The summed E-state index contributed by atoms with van der Waals surface area (Å²) in [6.45, 7) is 2.31. The molecule has 1 unspecified atom stereocenters. The van der Waals surface area contributed by atoms with Gasteiger partial charge in [0.25, 0.3) is 0 Å². The number of fused-ring (bicyclic) bond motifs is 3. The van der Waals surface area contributed by atoms with Gasteiger partial charge in [0.2, 0.25) is 11.8 Å². The van der Waals surface area contributed by atoms with Gasteiger partial charge in [-0.15, -0.1) is 0 Å². The summed E-state index contributed by atoms with van der Waals surface area (Å²) in [5.41, 5.74) is 1.50. The number of ether oxygens (including phenoxy) is 1. The number of amides is 1. The quantitative estimate of drug-likeness (QED) is 0.361. The lowest BCUT2D eigenvalue weighted by Crippen LogP contribution is -2.47. The van der Waals surface area contributed by atoms with E-state index < -0.39 is 42.7 Å². The van der Waals surface area contributed by atoms with Crippen molar-refractivity contribution >= 4 is 45.4 Å². The Morgan fingerprint density at radius 2 is 1.50 bits per heavy atom. The van der Waals surface area contributed by atoms with Crippen LogP contribution in [-0.2, 0) is 19.1 Å². The molecule has 202 valence electrons. The van der Waals surface area contributed by atoms with Crippen molar-refractivity contribution in [3.63, 3.8) is 0 Å².